The van der Waals surface area contributed by atoms with Crippen LogP contribution in [0.3, 0.4) is 0 Å². The highest BCUT2D eigenvalue weighted by Gasteiger charge is 2.13. The van der Waals surface area contributed by atoms with Gasteiger partial charge in [0.05, 0.1) is 0 Å². The molecule has 1 aromatic carbocycles. The number of hydrogen-bond donors (Lipinski definition) is 1. The Hall–Kier alpha value is -1.12. The Kier molecular flexibility index (Phi) is 4.78. The fourth-order valence-electron chi connectivity index (χ4n) is 2.33. The van der Waals surface area contributed by atoms with Crippen LogP contribution in [0.25, 0.3) is 0 Å². The number of likely N-dealkylation sites (N-methyl/N-ethyl adjacent to an activating group) is 1. The lowest BCUT2D eigenvalue weighted by atomic mass is 10.00. The summed E-state index contributed by atoms with van der Waals surface area (Å²) in [5.74, 6) is 0. The van der Waals surface area contributed by atoms with Gasteiger partial charge in [0.1, 0.15) is 0 Å². The van der Waals surface area contributed by atoms with Crippen molar-refractivity contribution in [3.63, 3.8) is 0 Å². The second-order valence-electron chi connectivity index (χ2n) is 5.18. The third kappa shape index (κ3) is 3.68. The number of benzene rings is 1. The van der Waals surface area contributed by atoms with Crippen molar-refractivity contribution in [3.05, 3.63) is 56.8 Å². The average molecular weight is 273 g/mol. The standard InChI is InChI=1S/C17H23NS/c1-5-18-16(17-9-7-14(4)19-17)11-15-8-6-12(2)13(3)10-15/h6-10,16,18H,5,11H2,1-4H3. The minimum Gasteiger partial charge on any atom is -0.309 e. The minimum atomic E-state index is 0.436. The third-order valence-corrected chi connectivity index (χ3v) is 4.68. The lowest BCUT2D eigenvalue weighted by molar-refractivity contribution is 0.558. The smallest absolute Gasteiger partial charge is 0.0455 e. The third-order valence-electron chi connectivity index (χ3n) is 3.57. The van der Waals surface area contributed by atoms with E-state index in [-0.39, 0.29) is 0 Å². The van der Waals surface area contributed by atoms with E-state index in [1.54, 1.807) is 0 Å². The van der Waals surface area contributed by atoms with Crippen LogP contribution < -0.4 is 5.32 Å². The van der Waals surface area contributed by atoms with Crippen molar-refractivity contribution >= 4 is 11.3 Å². The van der Waals surface area contributed by atoms with E-state index in [9.17, 15) is 0 Å². The van der Waals surface area contributed by atoms with E-state index in [4.69, 9.17) is 0 Å². The van der Waals surface area contributed by atoms with E-state index in [0.717, 1.165) is 13.0 Å². The fourth-order valence-corrected chi connectivity index (χ4v) is 3.28. The molecule has 1 N–H and O–H groups in total. The van der Waals surface area contributed by atoms with Crippen LogP contribution in [0.2, 0.25) is 0 Å². The first-order valence-corrected chi connectivity index (χ1v) is 7.77. The summed E-state index contributed by atoms with van der Waals surface area (Å²) in [7, 11) is 0. The fraction of sp³-hybridized carbons (Fsp3) is 0.412. The molecular weight excluding hydrogens is 250 g/mol. The van der Waals surface area contributed by atoms with E-state index < -0.39 is 0 Å². The number of rotatable bonds is 5. The molecule has 0 fully saturated rings. The molecule has 19 heavy (non-hydrogen) atoms. The number of nitrogens with one attached hydrogen (secondary N) is 1. The molecule has 1 atom stereocenters. The molecule has 1 unspecified atom stereocenters. The second-order valence-corrected chi connectivity index (χ2v) is 6.50. The van der Waals surface area contributed by atoms with Gasteiger partial charge in [0.2, 0.25) is 0 Å². The van der Waals surface area contributed by atoms with Gasteiger partial charge in [0.15, 0.2) is 0 Å². The van der Waals surface area contributed by atoms with Gasteiger partial charge in [-0.25, -0.2) is 0 Å². The van der Waals surface area contributed by atoms with Gasteiger partial charge in [0, 0.05) is 15.8 Å². The summed E-state index contributed by atoms with van der Waals surface area (Å²) in [5.41, 5.74) is 4.17. The van der Waals surface area contributed by atoms with E-state index in [1.165, 1.54) is 26.4 Å². The van der Waals surface area contributed by atoms with Crippen molar-refractivity contribution in [1.82, 2.24) is 5.32 Å². The molecule has 1 nitrogen and oxygen atoms in total. The van der Waals surface area contributed by atoms with Gasteiger partial charge in [-0.15, -0.1) is 11.3 Å². The highest BCUT2D eigenvalue weighted by atomic mass is 32.1. The first-order chi connectivity index (χ1) is 9.10. The van der Waals surface area contributed by atoms with Gasteiger partial charge in [-0.2, -0.15) is 0 Å². The Morgan fingerprint density at radius 3 is 2.42 bits per heavy atom. The van der Waals surface area contributed by atoms with Gasteiger partial charge in [-0.3, -0.25) is 0 Å². The van der Waals surface area contributed by atoms with Crippen molar-refractivity contribution in [3.8, 4) is 0 Å². The molecule has 102 valence electrons. The van der Waals surface area contributed by atoms with Crippen LogP contribution in [0.15, 0.2) is 30.3 Å². The predicted octanol–water partition coefficient (Wildman–Crippen LogP) is 4.57. The predicted molar refractivity (Wildman–Crippen MR) is 85.1 cm³/mol. The zero-order chi connectivity index (χ0) is 13.8. The summed E-state index contributed by atoms with van der Waals surface area (Å²) in [6.07, 6.45) is 1.06. The van der Waals surface area contributed by atoms with Crippen molar-refractivity contribution in [2.24, 2.45) is 0 Å². The molecule has 2 heteroatoms. The van der Waals surface area contributed by atoms with Crippen LogP contribution in [0.5, 0.6) is 0 Å². The molecule has 0 aliphatic rings. The molecule has 2 aromatic rings. The van der Waals surface area contributed by atoms with Gasteiger partial charge in [0.25, 0.3) is 0 Å². The van der Waals surface area contributed by atoms with Crippen molar-refractivity contribution in [2.45, 2.75) is 40.2 Å². The quantitative estimate of drug-likeness (QED) is 0.841. The molecule has 0 saturated carbocycles. The van der Waals surface area contributed by atoms with Gasteiger partial charge in [-0.05, 0) is 62.6 Å². The normalized spacial score (nSPS) is 12.6. The Balaban J connectivity index is 2.18. The van der Waals surface area contributed by atoms with E-state index in [0.29, 0.717) is 6.04 Å². The zero-order valence-electron chi connectivity index (χ0n) is 12.3. The highest BCUT2D eigenvalue weighted by Crippen LogP contribution is 2.26. The molecular formula is C17H23NS. The van der Waals surface area contributed by atoms with Gasteiger partial charge < -0.3 is 5.32 Å². The molecule has 0 bridgehead atoms. The van der Waals surface area contributed by atoms with Crippen LogP contribution in [0.1, 0.15) is 39.4 Å². The molecule has 2 rings (SSSR count). The molecule has 0 saturated heterocycles. The second kappa shape index (κ2) is 6.36. The Bertz CT molecular complexity index is 542. The summed E-state index contributed by atoms with van der Waals surface area (Å²) < 4.78 is 0. The number of thiophene rings is 1. The maximum Gasteiger partial charge on any atom is 0.0455 e. The largest absolute Gasteiger partial charge is 0.309 e. The lowest BCUT2D eigenvalue weighted by Crippen LogP contribution is -2.22. The maximum atomic E-state index is 3.61. The SMILES string of the molecule is CCNC(Cc1ccc(C)c(C)c1)c1ccc(C)s1. The van der Waals surface area contributed by atoms with Crippen LogP contribution in [-0.4, -0.2) is 6.54 Å². The monoisotopic (exact) mass is 273 g/mol. The van der Waals surface area contributed by atoms with Crippen LogP contribution in [0, 0.1) is 20.8 Å². The zero-order valence-corrected chi connectivity index (χ0v) is 13.1. The number of hydrogen-bond acceptors (Lipinski definition) is 2. The molecule has 1 aromatic heterocycles. The molecule has 0 aliphatic heterocycles. The van der Waals surface area contributed by atoms with Crippen molar-refractivity contribution < 1.29 is 0 Å². The van der Waals surface area contributed by atoms with E-state index >= 15 is 0 Å². The van der Waals surface area contributed by atoms with Gasteiger partial charge >= 0.3 is 0 Å². The lowest BCUT2D eigenvalue weighted by Gasteiger charge is -2.17. The maximum absolute atomic E-state index is 3.61. The highest BCUT2D eigenvalue weighted by molar-refractivity contribution is 7.12. The first-order valence-electron chi connectivity index (χ1n) is 6.96. The van der Waals surface area contributed by atoms with Crippen molar-refractivity contribution in [2.75, 3.05) is 6.54 Å². The summed E-state index contributed by atoms with van der Waals surface area (Å²) in [6, 6.07) is 11.7. The molecule has 0 amide bonds. The molecule has 0 aliphatic carbocycles. The molecule has 0 radical (unpaired) electrons. The summed E-state index contributed by atoms with van der Waals surface area (Å²) >= 11 is 1.90. The van der Waals surface area contributed by atoms with Crippen LogP contribution in [-0.2, 0) is 6.42 Å². The topological polar surface area (TPSA) is 12.0 Å². The first kappa shape index (κ1) is 14.3. The van der Waals surface area contributed by atoms with Crippen LogP contribution in [0.4, 0.5) is 0 Å². The summed E-state index contributed by atoms with van der Waals surface area (Å²) in [4.78, 5) is 2.83. The van der Waals surface area contributed by atoms with Crippen LogP contribution >= 0.6 is 11.3 Å². The molecule has 0 spiro atoms. The summed E-state index contributed by atoms with van der Waals surface area (Å²) in [6.45, 7) is 9.72. The van der Waals surface area contributed by atoms with E-state index in [2.05, 4.69) is 63.3 Å². The number of aryl methyl sites for hydroxylation is 3. The molecule has 1 heterocycles. The Morgan fingerprint density at radius 2 is 1.84 bits per heavy atom. The van der Waals surface area contributed by atoms with Crippen molar-refractivity contribution in [1.29, 1.82) is 0 Å². The minimum absolute atomic E-state index is 0.436. The average Bonchev–Trinajstić information content (AvgIpc) is 2.80. The van der Waals surface area contributed by atoms with E-state index in [1.807, 2.05) is 11.3 Å². The summed E-state index contributed by atoms with van der Waals surface area (Å²) in [5, 5.41) is 3.61. The van der Waals surface area contributed by atoms with Gasteiger partial charge in [-0.1, -0.05) is 25.1 Å². The Morgan fingerprint density at radius 1 is 1.05 bits per heavy atom. The Labute approximate surface area is 120 Å².